The Hall–Kier alpha value is -1.42. The van der Waals surface area contributed by atoms with E-state index in [4.69, 9.17) is 0 Å². The molecule has 2 fully saturated rings. The molecule has 0 spiro atoms. The molecule has 3 rings (SSSR count). The van der Waals surface area contributed by atoms with Crippen LogP contribution in [0.15, 0.2) is 24.3 Å². The summed E-state index contributed by atoms with van der Waals surface area (Å²) in [5.74, 6) is 0.0142. The van der Waals surface area contributed by atoms with Crippen LogP contribution in [0.4, 0.5) is 4.39 Å². The van der Waals surface area contributed by atoms with Crippen molar-refractivity contribution in [2.75, 3.05) is 13.1 Å². The molecule has 2 bridgehead atoms. The van der Waals surface area contributed by atoms with Crippen LogP contribution in [0.25, 0.3) is 0 Å². The summed E-state index contributed by atoms with van der Waals surface area (Å²) in [6, 6.07) is 7.90. The van der Waals surface area contributed by atoms with Gasteiger partial charge in [0.2, 0.25) is 5.91 Å². The highest BCUT2D eigenvalue weighted by Crippen LogP contribution is 2.22. The van der Waals surface area contributed by atoms with Crippen LogP contribution in [0.2, 0.25) is 0 Å². The number of aryl methyl sites for hydroxylation is 1. The van der Waals surface area contributed by atoms with E-state index >= 15 is 0 Å². The fourth-order valence-corrected chi connectivity index (χ4v) is 3.65. The van der Waals surface area contributed by atoms with Crippen molar-refractivity contribution in [3.8, 4) is 0 Å². The van der Waals surface area contributed by atoms with E-state index in [1.165, 1.54) is 18.9 Å². The second kappa shape index (κ2) is 6.78. The summed E-state index contributed by atoms with van der Waals surface area (Å²) >= 11 is 0. The Morgan fingerprint density at radius 3 is 2.91 bits per heavy atom. The van der Waals surface area contributed by atoms with E-state index in [1.54, 1.807) is 12.1 Å². The lowest BCUT2D eigenvalue weighted by atomic mass is 9.98. The van der Waals surface area contributed by atoms with Crippen molar-refractivity contribution in [3.63, 3.8) is 0 Å². The van der Waals surface area contributed by atoms with Gasteiger partial charge in [-0.25, -0.2) is 4.39 Å². The maximum atomic E-state index is 13.6. The second-order valence-corrected chi connectivity index (χ2v) is 6.74. The van der Waals surface area contributed by atoms with Gasteiger partial charge in [-0.15, -0.1) is 0 Å². The number of nitrogens with one attached hydrogen (secondary N) is 1. The van der Waals surface area contributed by atoms with Crippen molar-refractivity contribution < 1.29 is 9.18 Å². The predicted octanol–water partition coefficient (Wildman–Crippen LogP) is 2.75. The Bertz CT molecular complexity index is 534. The van der Waals surface area contributed by atoms with Gasteiger partial charge in [0.05, 0.1) is 0 Å². The van der Waals surface area contributed by atoms with E-state index in [0.717, 1.165) is 19.5 Å². The number of carbonyl (C=O) groups is 1. The molecule has 2 saturated heterocycles. The molecule has 1 N–H and O–H groups in total. The number of fused-ring (bicyclic) bond motifs is 2. The van der Waals surface area contributed by atoms with Crippen LogP contribution in [-0.4, -0.2) is 36.0 Å². The zero-order valence-corrected chi connectivity index (χ0v) is 13.2. The fourth-order valence-electron chi connectivity index (χ4n) is 3.65. The largest absolute Gasteiger partial charge is 0.341 e. The number of hydrogen-bond acceptors (Lipinski definition) is 2. The molecular formula is C18H25FN2O. The third kappa shape index (κ3) is 3.49. The number of hydrogen-bond donors (Lipinski definition) is 1. The highest BCUT2D eigenvalue weighted by molar-refractivity contribution is 5.78. The van der Waals surface area contributed by atoms with E-state index in [9.17, 15) is 9.18 Å². The smallest absolute Gasteiger partial charge is 0.225 e. The third-order valence-electron chi connectivity index (χ3n) is 5.06. The standard InChI is InChI=1S/C18H25FN2O/c1-13(6-7-14-4-2-3-5-17(14)19)18(22)21-11-10-15-8-9-16(12-21)20-15/h2-5,13,15-16,20H,6-12H2,1H3. The topological polar surface area (TPSA) is 32.3 Å². The molecule has 4 heteroatoms. The first-order valence-electron chi connectivity index (χ1n) is 8.41. The summed E-state index contributed by atoms with van der Waals surface area (Å²) in [5.41, 5.74) is 0.707. The first kappa shape index (κ1) is 15.5. The number of likely N-dealkylation sites (tertiary alicyclic amines) is 1. The van der Waals surface area contributed by atoms with Gasteiger partial charge in [0.1, 0.15) is 5.82 Å². The monoisotopic (exact) mass is 304 g/mol. The van der Waals surface area contributed by atoms with Gasteiger partial charge in [0.25, 0.3) is 0 Å². The maximum Gasteiger partial charge on any atom is 0.225 e. The molecule has 2 heterocycles. The van der Waals surface area contributed by atoms with Gasteiger partial charge in [-0.05, 0) is 43.7 Å². The molecule has 0 aliphatic carbocycles. The average molecular weight is 304 g/mol. The lowest BCUT2D eigenvalue weighted by Gasteiger charge is -2.27. The van der Waals surface area contributed by atoms with E-state index in [1.807, 2.05) is 17.9 Å². The van der Waals surface area contributed by atoms with Crippen molar-refractivity contribution in [1.82, 2.24) is 10.2 Å². The normalized spacial score (nSPS) is 25.8. The zero-order chi connectivity index (χ0) is 15.5. The number of benzene rings is 1. The first-order chi connectivity index (χ1) is 10.6. The summed E-state index contributed by atoms with van der Waals surface area (Å²) in [6.07, 6.45) is 4.81. The molecule has 3 nitrogen and oxygen atoms in total. The molecule has 1 amide bonds. The molecular weight excluding hydrogens is 279 g/mol. The fraction of sp³-hybridized carbons (Fsp3) is 0.611. The zero-order valence-electron chi connectivity index (χ0n) is 13.2. The Balaban J connectivity index is 1.54. The number of halogens is 1. The number of rotatable bonds is 4. The van der Waals surface area contributed by atoms with E-state index in [-0.39, 0.29) is 17.6 Å². The SMILES string of the molecule is CC(CCc1ccccc1F)C(=O)N1CCC2CCC(C1)N2. The molecule has 22 heavy (non-hydrogen) atoms. The van der Waals surface area contributed by atoms with E-state index in [0.29, 0.717) is 30.5 Å². The summed E-state index contributed by atoms with van der Waals surface area (Å²) in [5, 5.41) is 3.60. The highest BCUT2D eigenvalue weighted by atomic mass is 19.1. The van der Waals surface area contributed by atoms with Crippen LogP contribution in [0, 0.1) is 11.7 Å². The summed E-state index contributed by atoms with van der Waals surface area (Å²) in [4.78, 5) is 14.7. The first-order valence-corrected chi connectivity index (χ1v) is 8.41. The van der Waals surface area contributed by atoms with Gasteiger partial charge in [0, 0.05) is 31.1 Å². The molecule has 3 atom stereocenters. The Morgan fingerprint density at radius 2 is 2.09 bits per heavy atom. The number of amides is 1. The van der Waals surface area contributed by atoms with Gasteiger partial charge in [0.15, 0.2) is 0 Å². The van der Waals surface area contributed by atoms with Crippen molar-refractivity contribution in [3.05, 3.63) is 35.6 Å². The lowest BCUT2D eigenvalue weighted by molar-refractivity contribution is -0.135. The van der Waals surface area contributed by atoms with Crippen molar-refractivity contribution in [1.29, 1.82) is 0 Å². The molecule has 2 aliphatic rings. The van der Waals surface area contributed by atoms with Crippen LogP contribution in [0.1, 0.15) is 38.2 Å². The minimum atomic E-state index is -0.168. The Morgan fingerprint density at radius 1 is 1.32 bits per heavy atom. The third-order valence-corrected chi connectivity index (χ3v) is 5.06. The summed E-state index contributed by atoms with van der Waals surface area (Å²) in [7, 11) is 0. The van der Waals surface area contributed by atoms with Crippen LogP contribution < -0.4 is 5.32 Å². The van der Waals surface area contributed by atoms with E-state index in [2.05, 4.69) is 5.32 Å². The van der Waals surface area contributed by atoms with Crippen molar-refractivity contribution >= 4 is 5.91 Å². The lowest BCUT2D eigenvalue weighted by Crippen LogP contribution is -2.41. The number of nitrogens with zero attached hydrogens (tertiary/aromatic N) is 1. The highest BCUT2D eigenvalue weighted by Gasteiger charge is 2.32. The van der Waals surface area contributed by atoms with Crippen LogP contribution in [-0.2, 0) is 11.2 Å². The minimum absolute atomic E-state index is 0.0452. The average Bonchev–Trinajstić information content (AvgIpc) is 2.84. The van der Waals surface area contributed by atoms with Gasteiger partial charge in [-0.2, -0.15) is 0 Å². The maximum absolute atomic E-state index is 13.6. The predicted molar refractivity (Wildman–Crippen MR) is 85.0 cm³/mol. The van der Waals surface area contributed by atoms with E-state index < -0.39 is 0 Å². The second-order valence-electron chi connectivity index (χ2n) is 6.74. The van der Waals surface area contributed by atoms with Crippen LogP contribution >= 0.6 is 0 Å². The van der Waals surface area contributed by atoms with Gasteiger partial charge in [-0.1, -0.05) is 25.1 Å². The molecule has 1 aromatic carbocycles. The molecule has 0 radical (unpaired) electrons. The number of carbonyl (C=O) groups excluding carboxylic acids is 1. The van der Waals surface area contributed by atoms with Gasteiger partial charge >= 0.3 is 0 Å². The quantitative estimate of drug-likeness (QED) is 0.927. The van der Waals surface area contributed by atoms with Crippen molar-refractivity contribution in [2.24, 2.45) is 5.92 Å². The van der Waals surface area contributed by atoms with Crippen molar-refractivity contribution in [2.45, 2.75) is 51.1 Å². The molecule has 0 saturated carbocycles. The Kier molecular flexibility index (Phi) is 4.77. The molecule has 0 aromatic heterocycles. The Labute approximate surface area is 131 Å². The molecule has 3 unspecified atom stereocenters. The minimum Gasteiger partial charge on any atom is -0.341 e. The van der Waals surface area contributed by atoms with Gasteiger partial charge in [-0.3, -0.25) is 4.79 Å². The molecule has 1 aromatic rings. The van der Waals surface area contributed by atoms with Gasteiger partial charge < -0.3 is 10.2 Å². The van der Waals surface area contributed by atoms with Crippen LogP contribution in [0.5, 0.6) is 0 Å². The summed E-state index contributed by atoms with van der Waals surface area (Å²) < 4.78 is 13.6. The molecule has 2 aliphatic heterocycles. The summed E-state index contributed by atoms with van der Waals surface area (Å²) in [6.45, 7) is 3.66. The van der Waals surface area contributed by atoms with Crippen LogP contribution in [0.3, 0.4) is 0 Å². The molecule has 120 valence electrons.